The maximum atomic E-state index is 13.7. The molecule has 2 fully saturated rings. The number of fused-ring (bicyclic) bond motifs is 1. The topological polar surface area (TPSA) is 100 Å². The largest absolute Gasteiger partial charge is 0.446 e. The molecule has 2 aromatic carbocycles. The SMILES string of the molecule is N#CCCCn1c(CN(c2ccccc2)C(=O)[C@H]2C[C@H](OC(=O)NC3CC3)C2)nc2cc(Cl)ccc21. The van der Waals surface area contributed by atoms with Crippen molar-refractivity contribution in [1.29, 1.82) is 5.26 Å². The maximum absolute atomic E-state index is 13.7. The van der Waals surface area contributed by atoms with Crippen LogP contribution < -0.4 is 10.2 Å². The van der Waals surface area contributed by atoms with Gasteiger partial charge in [-0.2, -0.15) is 5.26 Å². The fourth-order valence-corrected chi connectivity index (χ4v) is 4.72. The van der Waals surface area contributed by atoms with Gasteiger partial charge in [0, 0.05) is 35.6 Å². The second-order valence-electron chi connectivity index (χ2n) is 9.45. The predicted molar refractivity (Wildman–Crippen MR) is 136 cm³/mol. The number of halogens is 1. The summed E-state index contributed by atoms with van der Waals surface area (Å²) in [6.07, 6.45) is 3.50. The van der Waals surface area contributed by atoms with Crippen molar-refractivity contribution in [3.63, 3.8) is 0 Å². The minimum Gasteiger partial charge on any atom is -0.446 e. The van der Waals surface area contributed by atoms with Crippen LogP contribution in [0.4, 0.5) is 10.5 Å². The summed E-state index contributed by atoms with van der Waals surface area (Å²) in [7, 11) is 0. The highest BCUT2D eigenvalue weighted by Crippen LogP contribution is 2.34. The molecular weight excluding hydrogens is 478 g/mol. The third kappa shape index (κ3) is 5.47. The van der Waals surface area contributed by atoms with Crippen LogP contribution in [0.15, 0.2) is 48.5 Å². The lowest BCUT2D eigenvalue weighted by Gasteiger charge is -2.37. The Bertz CT molecular complexity index is 1290. The van der Waals surface area contributed by atoms with Gasteiger partial charge in [0.2, 0.25) is 5.91 Å². The normalized spacial score (nSPS) is 18.8. The quantitative estimate of drug-likeness (QED) is 0.403. The van der Waals surface area contributed by atoms with Gasteiger partial charge in [0.05, 0.1) is 23.6 Å². The Morgan fingerprint density at radius 2 is 1.97 bits per heavy atom. The second-order valence-corrected chi connectivity index (χ2v) is 9.88. The summed E-state index contributed by atoms with van der Waals surface area (Å²) < 4.78 is 7.54. The molecule has 1 N–H and O–H groups in total. The molecule has 2 aliphatic carbocycles. The van der Waals surface area contributed by atoms with Gasteiger partial charge < -0.3 is 19.5 Å². The van der Waals surface area contributed by atoms with Crippen molar-refractivity contribution in [3.8, 4) is 6.07 Å². The van der Waals surface area contributed by atoms with E-state index in [4.69, 9.17) is 26.6 Å². The summed E-state index contributed by atoms with van der Waals surface area (Å²) in [5.74, 6) is 0.491. The highest BCUT2D eigenvalue weighted by Gasteiger charge is 2.40. The van der Waals surface area contributed by atoms with E-state index in [1.54, 1.807) is 4.90 Å². The molecule has 5 rings (SSSR count). The Morgan fingerprint density at radius 1 is 1.19 bits per heavy atom. The minimum atomic E-state index is -0.391. The standard InChI is InChI=1S/C27H28ClN5O3/c28-19-8-11-24-23(16-19)31-25(32(24)13-5-4-12-29)17-33(21-6-2-1-3-7-21)26(34)18-14-22(15-18)36-27(35)30-20-9-10-20/h1-3,6-8,11,16,18,20,22H,4-5,9-10,13-15,17H2,(H,30,35)/t18-,22-. The van der Waals surface area contributed by atoms with Crippen molar-refractivity contribution in [3.05, 3.63) is 59.4 Å². The first-order valence-corrected chi connectivity index (χ1v) is 12.7. The number of anilines is 1. The highest BCUT2D eigenvalue weighted by atomic mass is 35.5. The molecule has 2 aliphatic rings. The van der Waals surface area contributed by atoms with Gasteiger partial charge >= 0.3 is 6.09 Å². The molecule has 0 aliphatic heterocycles. The molecule has 0 unspecified atom stereocenters. The molecule has 0 bridgehead atoms. The zero-order chi connectivity index (χ0) is 25.1. The van der Waals surface area contributed by atoms with Crippen LogP contribution in [0.2, 0.25) is 5.02 Å². The van der Waals surface area contributed by atoms with Gasteiger partial charge in [-0.3, -0.25) is 4.79 Å². The summed E-state index contributed by atoms with van der Waals surface area (Å²) in [5, 5.41) is 12.4. The number of alkyl carbamates (subject to hydrolysis) is 1. The molecule has 0 saturated heterocycles. The number of unbranched alkanes of at least 4 members (excludes halogenated alkanes) is 1. The van der Waals surface area contributed by atoms with Gasteiger partial charge in [-0.05, 0) is 62.4 Å². The molecule has 3 aromatic rings. The fourth-order valence-electron chi connectivity index (χ4n) is 4.55. The molecule has 1 aromatic heterocycles. The number of benzene rings is 2. The third-order valence-corrected chi connectivity index (χ3v) is 6.95. The van der Waals surface area contributed by atoms with Crippen LogP contribution in [0.1, 0.15) is 44.3 Å². The molecule has 8 nitrogen and oxygen atoms in total. The first-order chi connectivity index (χ1) is 17.5. The van der Waals surface area contributed by atoms with E-state index in [-0.39, 0.29) is 30.5 Å². The molecule has 2 amide bonds. The van der Waals surface area contributed by atoms with Gasteiger partial charge in [0.1, 0.15) is 11.9 Å². The van der Waals surface area contributed by atoms with Crippen molar-refractivity contribution in [1.82, 2.24) is 14.9 Å². The number of aryl methyl sites for hydroxylation is 1. The number of hydrogen-bond donors (Lipinski definition) is 1. The van der Waals surface area contributed by atoms with Gasteiger partial charge in [0.25, 0.3) is 0 Å². The van der Waals surface area contributed by atoms with Crippen LogP contribution in [0.3, 0.4) is 0 Å². The first-order valence-electron chi connectivity index (χ1n) is 12.4. The zero-order valence-corrected chi connectivity index (χ0v) is 20.7. The third-order valence-electron chi connectivity index (χ3n) is 6.71. The molecule has 0 atom stereocenters. The Hall–Kier alpha value is -3.57. The van der Waals surface area contributed by atoms with E-state index < -0.39 is 6.09 Å². The van der Waals surface area contributed by atoms with Gasteiger partial charge in [-0.15, -0.1) is 0 Å². The fraction of sp³-hybridized carbons (Fsp3) is 0.407. The number of amides is 2. The number of nitriles is 1. The Balaban J connectivity index is 1.35. The molecule has 0 spiro atoms. The van der Waals surface area contributed by atoms with Crippen molar-refractivity contribution in [2.75, 3.05) is 4.90 Å². The summed E-state index contributed by atoms with van der Waals surface area (Å²) in [6.45, 7) is 0.902. The van der Waals surface area contributed by atoms with E-state index in [0.717, 1.165) is 35.4 Å². The number of hydrogen-bond acceptors (Lipinski definition) is 5. The average molecular weight is 506 g/mol. The summed E-state index contributed by atoms with van der Waals surface area (Å²) in [5.41, 5.74) is 2.47. The number of carbonyl (C=O) groups excluding carboxylic acids is 2. The van der Waals surface area contributed by atoms with Crippen molar-refractivity contribution < 1.29 is 14.3 Å². The van der Waals surface area contributed by atoms with Gasteiger partial charge in [-0.1, -0.05) is 29.8 Å². The van der Waals surface area contributed by atoms with Crippen molar-refractivity contribution in [2.45, 2.75) is 63.8 Å². The summed E-state index contributed by atoms with van der Waals surface area (Å²) >= 11 is 6.21. The van der Waals surface area contributed by atoms with Crippen LogP contribution in [0.5, 0.6) is 0 Å². The van der Waals surface area contributed by atoms with Crippen molar-refractivity contribution >= 4 is 40.3 Å². The second kappa shape index (κ2) is 10.6. The maximum Gasteiger partial charge on any atom is 0.407 e. The molecule has 186 valence electrons. The van der Waals surface area contributed by atoms with Crippen LogP contribution in [-0.4, -0.2) is 33.7 Å². The van der Waals surface area contributed by atoms with Crippen LogP contribution in [0.25, 0.3) is 11.0 Å². The van der Waals surface area contributed by atoms with Crippen molar-refractivity contribution in [2.24, 2.45) is 5.92 Å². The summed E-state index contributed by atoms with van der Waals surface area (Å²) in [6, 6.07) is 17.5. The lowest BCUT2D eigenvalue weighted by atomic mass is 9.81. The number of para-hydroxylation sites is 1. The number of nitrogens with zero attached hydrogens (tertiary/aromatic N) is 4. The number of ether oxygens (including phenoxy) is 1. The molecule has 9 heteroatoms. The summed E-state index contributed by atoms with van der Waals surface area (Å²) in [4.78, 5) is 32.2. The monoisotopic (exact) mass is 505 g/mol. The van der Waals surface area contributed by atoms with E-state index in [1.807, 2.05) is 48.5 Å². The van der Waals surface area contributed by atoms with Gasteiger partial charge in [0.15, 0.2) is 0 Å². The van der Waals surface area contributed by atoms with Crippen LogP contribution in [-0.2, 0) is 22.6 Å². The molecule has 2 saturated carbocycles. The van der Waals surface area contributed by atoms with E-state index in [0.29, 0.717) is 37.3 Å². The molecular formula is C27H28ClN5O3. The number of imidazole rings is 1. The number of carbonyl (C=O) groups is 2. The Morgan fingerprint density at radius 3 is 2.69 bits per heavy atom. The van der Waals surface area contributed by atoms with E-state index in [2.05, 4.69) is 16.0 Å². The van der Waals surface area contributed by atoms with E-state index in [1.165, 1.54) is 0 Å². The van der Waals surface area contributed by atoms with Crippen LogP contribution in [0, 0.1) is 17.2 Å². The Labute approximate surface area is 214 Å². The number of aromatic nitrogens is 2. The zero-order valence-electron chi connectivity index (χ0n) is 19.9. The lowest BCUT2D eigenvalue weighted by molar-refractivity contribution is -0.129. The first kappa shape index (κ1) is 24.1. The minimum absolute atomic E-state index is 0.0164. The molecule has 0 radical (unpaired) electrons. The van der Waals surface area contributed by atoms with E-state index in [9.17, 15) is 9.59 Å². The number of rotatable bonds is 9. The number of nitrogens with one attached hydrogen (secondary N) is 1. The molecule has 36 heavy (non-hydrogen) atoms. The van der Waals surface area contributed by atoms with Crippen LogP contribution >= 0.6 is 11.6 Å². The van der Waals surface area contributed by atoms with Gasteiger partial charge in [-0.25, -0.2) is 9.78 Å². The lowest BCUT2D eigenvalue weighted by Crippen LogP contribution is -2.46. The Kier molecular flexibility index (Phi) is 7.10. The smallest absolute Gasteiger partial charge is 0.407 e. The average Bonchev–Trinajstić information content (AvgIpc) is 3.60. The molecule has 1 heterocycles. The predicted octanol–water partition coefficient (Wildman–Crippen LogP) is 5.19. The highest BCUT2D eigenvalue weighted by molar-refractivity contribution is 6.31. The van der Waals surface area contributed by atoms with E-state index >= 15 is 0 Å².